The molecule has 0 saturated carbocycles. The van der Waals surface area contributed by atoms with Crippen LogP contribution in [0.5, 0.6) is 0 Å². The average Bonchev–Trinajstić information content (AvgIpc) is 3.05. The van der Waals surface area contributed by atoms with Crippen molar-refractivity contribution in [1.29, 1.82) is 0 Å². The molecule has 0 fully saturated rings. The molecule has 1 unspecified atom stereocenters. The van der Waals surface area contributed by atoms with Gasteiger partial charge in [-0.1, -0.05) is 12.1 Å². The topological polar surface area (TPSA) is 153 Å². The van der Waals surface area contributed by atoms with E-state index in [0.717, 1.165) is 0 Å². The first-order chi connectivity index (χ1) is 14.9. The number of sulfonamides is 1. The molecular formula is C21H25N5O5S. The molecule has 0 aliphatic heterocycles. The lowest BCUT2D eigenvalue weighted by molar-refractivity contribution is -0.124. The fraction of sp³-hybridized carbons (Fsp3) is 0.286. The number of fused-ring (bicyclic) bond motifs is 1. The molecule has 0 aliphatic carbocycles. The lowest BCUT2D eigenvalue weighted by atomic mass is 10.1. The number of anilines is 1. The van der Waals surface area contributed by atoms with Crippen molar-refractivity contribution in [2.75, 3.05) is 4.72 Å². The molecule has 0 spiro atoms. The van der Waals surface area contributed by atoms with Crippen LogP contribution in [0.25, 0.3) is 11.0 Å². The molecule has 1 aromatic heterocycles. The van der Waals surface area contributed by atoms with Crippen molar-refractivity contribution < 1.29 is 18.0 Å². The first-order valence-electron chi connectivity index (χ1n) is 9.82. The number of rotatable bonds is 6. The van der Waals surface area contributed by atoms with Gasteiger partial charge in [-0.25, -0.2) is 13.2 Å². The summed E-state index contributed by atoms with van der Waals surface area (Å²) >= 11 is 0. The Morgan fingerprint density at radius 3 is 2.34 bits per heavy atom. The van der Waals surface area contributed by atoms with E-state index in [1.165, 1.54) is 30.3 Å². The molecule has 1 heterocycles. The second kappa shape index (κ2) is 8.50. The Morgan fingerprint density at radius 1 is 1.00 bits per heavy atom. The summed E-state index contributed by atoms with van der Waals surface area (Å²) in [6.07, 6.45) is 0. The van der Waals surface area contributed by atoms with Gasteiger partial charge >= 0.3 is 5.69 Å². The molecule has 11 heteroatoms. The number of amides is 2. The highest BCUT2D eigenvalue weighted by molar-refractivity contribution is 7.92. The van der Waals surface area contributed by atoms with Gasteiger partial charge in [0.2, 0.25) is 5.91 Å². The highest BCUT2D eigenvalue weighted by Gasteiger charge is 2.24. The van der Waals surface area contributed by atoms with Crippen molar-refractivity contribution >= 4 is 38.6 Å². The quantitative estimate of drug-likeness (QED) is 0.380. The monoisotopic (exact) mass is 459 g/mol. The molecule has 0 saturated heterocycles. The minimum absolute atomic E-state index is 0.0519. The molecule has 32 heavy (non-hydrogen) atoms. The van der Waals surface area contributed by atoms with E-state index in [1.54, 1.807) is 19.1 Å². The van der Waals surface area contributed by atoms with Gasteiger partial charge in [-0.3, -0.25) is 14.3 Å². The Kier molecular flexibility index (Phi) is 6.13. The molecule has 0 radical (unpaired) electrons. The van der Waals surface area contributed by atoms with Gasteiger partial charge in [-0.05, 0) is 58.0 Å². The zero-order valence-corrected chi connectivity index (χ0v) is 18.9. The summed E-state index contributed by atoms with van der Waals surface area (Å²) in [5.41, 5.74) is 0.000692. The summed E-state index contributed by atoms with van der Waals surface area (Å²) < 4.78 is 28.2. The molecular weight excluding hydrogens is 434 g/mol. The van der Waals surface area contributed by atoms with Crippen molar-refractivity contribution in [3.05, 3.63) is 58.5 Å². The fourth-order valence-corrected chi connectivity index (χ4v) is 4.08. The third kappa shape index (κ3) is 5.35. The maximum atomic E-state index is 12.9. The Morgan fingerprint density at radius 2 is 1.66 bits per heavy atom. The maximum absolute atomic E-state index is 12.9. The van der Waals surface area contributed by atoms with E-state index in [1.807, 2.05) is 20.8 Å². The van der Waals surface area contributed by atoms with Crippen molar-refractivity contribution in [3.8, 4) is 0 Å². The molecule has 170 valence electrons. The number of aromatic nitrogens is 2. The van der Waals surface area contributed by atoms with Crippen molar-refractivity contribution in [1.82, 2.24) is 20.6 Å². The molecule has 2 amide bonds. The average molecular weight is 460 g/mol. The van der Waals surface area contributed by atoms with Gasteiger partial charge in [-0.2, -0.15) is 0 Å². The van der Waals surface area contributed by atoms with Gasteiger partial charge in [0.25, 0.3) is 15.9 Å². The molecule has 5 N–H and O–H groups in total. The van der Waals surface area contributed by atoms with Crippen LogP contribution >= 0.6 is 0 Å². The van der Waals surface area contributed by atoms with E-state index in [4.69, 9.17) is 0 Å². The van der Waals surface area contributed by atoms with Crippen molar-refractivity contribution in [3.63, 3.8) is 0 Å². The number of nitrogens with one attached hydrogen (secondary N) is 5. The maximum Gasteiger partial charge on any atom is 0.323 e. The minimum Gasteiger partial charge on any atom is -0.350 e. The van der Waals surface area contributed by atoms with Gasteiger partial charge in [0.15, 0.2) is 0 Å². The first-order valence-corrected chi connectivity index (χ1v) is 11.3. The number of carbonyl (C=O) groups is 2. The van der Waals surface area contributed by atoms with Crippen LogP contribution in [0, 0.1) is 0 Å². The predicted octanol–water partition coefficient (Wildman–Crippen LogP) is 1.69. The van der Waals surface area contributed by atoms with E-state index in [2.05, 4.69) is 25.3 Å². The highest BCUT2D eigenvalue weighted by atomic mass is 32.2. The molecule has 2 aromatic carbocycles. The smallest absolute Gasteiger partial charge is 0.323 e. The van der Waals surface area contributed by atoms with Crippen LogP contribution in [0.15, 0.2) is 52.2 Å². The molecule has 0 aliphatic rings. The van der Waals surface area contributed by atoms with E-state index in [9.17, 15) is 22.8 Å². The summed E-state index contributed by atoms with van der Waals surface area (Å²) in [4.78, 5) is 41.4. The van der Waals surface area contributed by atoms with Crippen LogP contribution < -0.4 is 21.0 Å². The van der Waals surface area contributed by atoms with E-state index in [0.29, 0.717) is 11.0 Å². The Bertz CT molecular complexity index is 1330. The normalized spacial score (nSPS) is 12.9. The van der Waals surface area contributed by atoms with Gasteiger partial charge < -0.3 is 20.6 Å². The van der Waals surface area contributed by atoms with E-state index < -0.39 is 33.2 Å². The van der Waals surface area contributed by atoms with E-state index >= 15 is 0 Å². The molecule has 3 rings (SSSR count). The number of hydrogen-bond donors (Lipinski definition) is 5. The Hall–Kier alpha value is -3.60. The van der Waals surface area contributed by atoms with Crippen LogP contribution in [0.3, 0.4) is 0 Å². The van der Waals surface area contributed by atoms with Crippen LogP contribution in [0.1, 0.15) is 38.1 Å². The number of hydrogen-bond acceptors (Lipinski definition) is 5. The van der Waals surface area contributed by atoms with Gasteiger partial charge in [0.05, 0.1) is 27.2 Å². The fourth-order valence-electron chi connectivity index (χ4n) is 2.97. The predicted molar refractivity (Wildman–Crippen MR) is 121 cm³/mol. The zero-order chi connectivity index (χ0) is 23.7. The number of carbonyl (C=O) groups excluding carboxylic acids is 2. The van der Waals surface area contributed by atoms with E-state index in [-0.39, 0.29) is 22.1 Å². The zero-order valence-electron chi connectivity index (χ0n) is 18.1. The molecule has 0 bridgehead atoms. The third-order valence-corrected chi connectivity index (χ3v) is 5.82. The summed E-state index contributed by atoms with van der Waals surface area (Å²) in [7, 11) is -4.07. The number of imidazole rings is 1. The molecule has 3 aromatic rings. The second-order valence-corrected chi connectivity index (χ2v) is 10.1. The summed E-state index contributed by atoms with van der Waals surface area (Å²) in [5, 5.41) is 5.36. The molecule has 1 atom stereocenters. The number of aromatic amines is 2. The van der Waals surface area contributed by atoms with Crippen LogP contribution in [-0.2, 0) is 14.8 Å². The Balaban J connectivity index is 1.83. The van der Waals surface area contributed by atoms with Crippen LogP contribution in [0.2, 0.25) is 0 Å². The standard InChI is InChI=1S/C21H25N5O5S/c1-12(18(27)25-21(2,3)4)22-19(28)14-7-5-6-8-15(14)26-32(30,31)13-9-10-16-17(11-13)24-20(29)23-16/h5-12,26H,1-4H3,(H,22,28)(H,25,27)(H2,23,24,29). The summed E-state index contributed by atoms with van der Waals surface area (Å²) in [5.74, 6) is -0.969. The minimum atomic E-state index is -4.07. The SMILES string of the molecule is CC(NC(=O)c1ccccc1NS(=O)(=O)c1ccc2[nH]c(=O)[nH]c2c1)C(=O)NC(C)(C)C. The first kappa shape index (κ1) is 23.1. The lowest BCUT2D eigenvalue weighted by Gasteiger charge is -2.24. The summed E-state index contributed by atoms with van der Waals surface area (Å²) in [6, 6.07) is 9.36. The number of para-hydroxylation sites is 1. The number of H-pyrrole nitrogens is 2. The van der Waals surface area contributed by atoms with Gasteiger partial charge in [0.1, 0.15) is 6.04 Å². The largest absolute Gasteiger partial charge is 0.350 e. The van der Waals surface area contributed by atoms with Crippen LogP contribution in [-0.4, -0.2) is 41.8 Å². The van der Waals surface area contributed by atoms with Gasteiger partial charge in [-0.15, -0.1) is 0 Å². The van der Waals surface area contributed by atoms with Crippen molar-refractivity contribution in [2.45, 2.75) is 44.2 Å². The Labute approximate surface area is 184 Å². The van der Waals surface area contributed by atoms with Crippen molar-refractivity contribution in [2.24, 2.45) is 0 Å². The third-order valence-electron chi connectivity index (χ3n) is 4.45. The lowest BCUT2D eigenvalue weighted by Crippen LogP contribution is -2.50. The number of benzene rings is 2. The molecule has 10 nitrogen and oxygen atoms in total. The second-order valence-electron chi connectivity index (χ2n) is 8.37. The summed E-state index contributed by atoms with van der Waals surface area (Å²) in [6.45, 7) is 7.01. The highest BCUT2D eigenvalue weighted by Crippen LogP contribution is 2.22. The van der Waals surface area contributed by atoms with Gasteiger partial charge in [0, 0.05) is 5.54 Å². The van der Waals surface area contributed by atoms with Crippen LogP contribution in [0.4, 0.5) is 5.69 Å².